The highest BCUT2D eigenvalue weighted by Gasteiger charge is 2.07. The fourth-order valence-corrected chi connectivity index (χ4v) is 2.09. The summed E-state index contributed by atoms with van der Waals surface area (Å²) in [6.07, 6.45) is 1.70. The van der Waals surface area contributed by atoms with Gasteiger partial charge in [-0.25, -0.2) is 4.98 Å². The second-order valence-electron chi connectivity index (χ2n) is 4.99. The van der Waals surface area contributed by atoms with Crippen LogP contribution in [0.3, 0.4) is 0 Å². The summed E-state index contributed by atoms with van der Waals surface area (Å²) in [7, 11) is 0. The van der Waals surface area contributed by atoms with Crippen molar-refractivity contribution in [2.24, 2.45) is 0 Å². The van der Waals surface area contributed by atoms with Gasteiger partial charge in [-0.15, -0.1) is 0 Å². The van der Waals surface area contributed by atoms with E-state index >= 15 is 0 Å². The molecule has 1 aromatic carbocycles. The SMILES string of the molecule is Cc1cc(Nc2nccc(NC(C)c3ccccc3)n2)no1. The zero-order chi connectivity index (χ0) is 15.4. The fraction of sp³-hybridized carbons (Fsp3) is 0.188. The minimum Gasteiger partial charge on any atom is -0.363 e. The molecule has 2 N–H and O–H groups in total. The molecule has 0 radical (unpaired) electrons. The number of aromatic nitrogens is 3. The highest BCUT2D eigenvalue weighted by molar-refractivity contribution is 5.50. The summed E-state index contributed by atoms with van der Waals surface area (Å²) >= 11 is 0. The molecule has 2 aromatic heterocycles. The minimum atomic E-state index is 0.151. The molecule has 0 aliphatic carbocycles. The molecule has 0 spiro atoms. The molecule has 2 heterocycles. The van der Waals surface area contributed by atoms with Gasteiger partial charge in [0.15, 0.2) is 5.82 Å². The lowest BCUT2D eigenvalue weighted by Crippen LogP contribution is -2.09. The number of anilines is 3. The number of nitrogens with zero attached hydrogens (tertiary/aromatic N) is 3. The van der Waals surface area contributed by atoms with E-state index < -0.39 is 0 Å². The van der Waals surface area contributed by atoms with Crippen LogP contribution in [0.1, 0.15) is 24.3 Å². The standard InChI is InChI=1S/C16H17N5O/c1-11-10-15(21-22-11)20-16-17-9-8-14(19-16)18-12(2)13-6-4-3-5-7-13/h3-10,12H,1-2H3,(H2,17,18,19,20,21). The Morgan fingerprint density at radius 2 is 1.91 bits per heavy atom. The molecule has 1 unspecified atom stereocenters. The topological polar surface area (TPSA) is 75.9 Å². The molecule has 1 atom stereocenters. The van der Waals surface area contributed by atoms with Crippen molar-refractivity contribution in [2.75, 3.05) is 10.6 Å². The molecule has 22 heavy (non-hydrogen) atoms. The van der Waals surface area contributed by atoms with E-state index in [0.29, 0.717) is 11.8 Å². The van der Waals surface area contributed by atoms with Gasteiger partial charge in [0.1, 0.15) is 11.6 Å². The van der Waals surface area contributed by atoms with Gasteiger partial charge in [-0.1, -0.05) is 35.5 Å². The summed E-state index contributed by atoms with van der Waals surface area (Å²) in [6, 6.07) is 14.0. The summed E-state index contributed by atoms with van der Waals surface area (Å²) in [5.41, 5.74) is 1.20. The van der Waals surface area contributed by atoms with E-state index in [9.17, 15) is 0 Å². The number of hydrogen-bond acceptors (Lipinski definition) is 6. The summed E-state index contributed by atoms with van der Waals surface area (Å²) in [5, 5.41) is 10.2. The third-order valence-corrected chi connectivity index (χ3v) is 3.19. The Morgan fingerprint density at radius 1 is 1.09 bits per heavy atom. The smallest absolute Gasteiger partial charge is 0.230 e. The number of aryl methyl sites for hydroxylation is 1. The molecule has 0 fully saturated rings. The van der Waals surface area contributed by atoms with Gasteiger partial charge in [0.25, 0.3) is 0 Å². The molecule has 112 valence electrons. The number of benzene rings is 1. The van der Waals surface area contributed by atoms with Crippen LogP contribution >= 0.6 is 0 Å². The second kappa shape index (κ2) is 6.26. The Kier molecular flexibility index (Phi) is 4.00. The molecular formula is C16H17N5O. The monoisotopic (exact) mass is 295 g/mol. The van der Waals surface area contributed by atoms with Crippen LogP contribution in [0.25, 0.3) is 0 Å². The lowest BCUT2D eigenvalue weighted by molar-refractivity contribution is 0.400. The largest absolute Gasteiger partial charge is 0.363 e. The first-order valence-corrected chi connectivity index (χ1v) is 7.05. The number of rotatable bonds is 5. The zero-order valence-corrected chi connectivity index (χ0v) is 12.4. The van der Waals surface area contributed by atoms with Crippen LogP contribution < -0.4 is 10.6 Å². The predicted octanol–water partition coefficient (Wildman–Crippen LogP) is 3.69. The Labute approximate surface area is 128 Å². The second-order valence-corrected chi connectivity index (χ2v) is 4.99. The van der Waals surface area contributed by atoms with Crippen molar-refractivity contribution in [3.05, 3.63) is 60.0 Å². The maximum Gasteiger partial charge on any atom is 0.230 e. The first kappa shape index (κ1) is 14.1. The van der Waals surface area contributed by atoms with Crippen LogP contribution in [0.4, 0.5) is 17.6 Å². The van der Waals surface area contributed by atoms with Crippen molar-refractivity contribution in [3.63, 3.8) is 0 Å². The average Bonchev–Trinajstić information content (AvgIpc) is 2.93. The van der Waals surface area contributed by atoms with Crippen molar-refractivity contribution in [2.45, 2.75) is 19.9 Å². The third-order valence-electron chi connectivity index (χ3n) is 3.19. The van der Waals surface area contributed by atoms with E-state index in [0.717, 1.165) is 11.6 Å². The van der Waals surface area contributed by atoms with Gasteiger partial charge in [-0.05, 0) is 25.5 Å². The van der Waals surface area contributed by atoms with Crippen LogP contribution in [0, 0.1) is 6.92 Å². The van der Waals surface area contributed by atoms with Gasteiger partial charge in [-0.3, -0.25) is 0 Å². The van der Waals surface area contributed by atoms with Gasteiger partial charge in [-0.2, -0.15) is 4.98 Å². The Bertz CT molecular complexity index is 741. The third kappa shape index (κ3) is 3.41. The van der Waals surface area contributed by atoms with Crippen LogP contribution in [0.5, 0.6) is 0 Å². The zero-order valence-electron chi connectivity index (χ0n) is 12.4. The molecule has 0 aliphatic heterocycles. The number of hydrogen-bond donors (Lipinski definition) is 2. The summed E-state index contributed by atoms with van der Waals surface area (Å²) in [4.78, 5) is 8.61. The van der Waals surface area contributed by atoms with Crippen molar-refractivity contribution >= 4 is 17.6 Å². The number of nitrogens with one attached hydrogen (secondary N) is 2. The highest BCUT2D eigenvalue weighted by Crippen LogP contribution is 2.19. The van der Waals surface area contributed by atoms with Crippen molar-refractivity contribution in [1.82, 2.24) is 15.1 Å². The van der Waals surface area contributed by atoms with E-state index in [-0.39, 0.29) is 6.04 Å². The van der Waals surface area contributed by atoms with Gasteiger partial charge < -0.3 is 15.2 Å². The average molecular weight is 295 g/mol. The molecule has 0 aliphatic rings. The molecule has 6 heteroatoms. The highest BCUT2D eigenvalue weighted by atomic mass is 16.5. The molecule has 0 amide bonds. The van der Waals surface area contributed by atoms with E-state index in [4.69, 9.17) is 4.52 Å². The van der Waals surface area contributed by atoms with Crippen LogP contribution in [-0.2, 0) is 0 Å². The molecule has 3 rings (SSSR count). The summed E-state index contributed by atoms with van der Waals surface area (Å²) in [6.45, 7) is 3.92. The van der Waals surface area contributed by atoms with Crippen LogP contribution in [-0.4, -0.2) is 15.1 Å². The lowest BCUT2D eigenvalue weighted by atomic mass is 10.1. The summed E-state index contributed by atoms with van der Waals surface area (Å²) in [5.74, 6) is 2.54. The first-order chi connectivity index (χ1) is 10.7. The maximum atomic E-state index is 5.01. The molecule has 0 bridgehead atoms. The van der Waals surface area contributed by atoms with E-state index in [2.05, 4.69) is 44.8 Å². The normalized spacial score (nSPS) is 11.9. The van der Waals surface area contributed by atoms with Crippen LogP contribution in [0.15, 0.2) is 53.2 Å². The Hall–Kier alpha value is -2.89. The minimum absolute atomic E-state index is 0.151. The quantitative estimate of drug-likeness (QED) is 0.747. The maximum absolute atomic E-state index is 5.01. The molecular weight excluding hydrogens is 278 g/mol. The van der Waals surface area contributed by atoms with Crippen molar-refractivity contribution in [1.29, 1.82) is 0 Å². The predicted molar refractivity (Wildman–Crippen MR) is 85.0 cm³/mol. The van der Waals surface area contributed by atoms with Gasteiger partial charge in [0.05, 0.1) is 0 Å². The van der Waals surface area contributed by atoms with Gasteiger partial charge in [0, 0.05) is 18.3 Å². The van der Waals surface area contributed by atoms with Crippen molar-refractivity contribution < 1.29 is 4.52 Å². The molecule has 3 aromatic rings. The van der Waals surface area contributed by atoms with E-state index in [1.165, 1.54) is 5.56 Å². The van der Waals surface area contributed by atoms with E-state index in [1.807, 2.05) is 31.2 Å². The molecule has 6 nitrogen and oxygen atoms in total. The van der Waals surface area contributed by atoms with Gasteiger partial charge in [0.2, 0.25) is 5.95 Å². The Morgan fingerprint density at radius 3 is 2.64 bits per heavy atom. The Balaban J connectivity index is 1.71. The van der Waals surface area contributed by atoms with Crippen molar-refractivity contribution in [3.8, 4) is 0 Å². The first-order valence-electron chi connectivity index (χ1n) is 7.05. The molecule has 0 saturated heterocycles. The molecule has 0 saturated carbocycles. The van der Waals surface area contributed by atoms with E-state index in [1.54, 1.807) is 12.3 Å². The van der Waals surface area contributed by atoms with Gasteiger partial charge >= 0.3 is 0 Å². The lowest BCUT2D eigenvalue weighted by Gasteiger charge is -2.15. The summed E-state index contributed by atoms with van der Waals surface area (Å²) < 4.78 is 5.01. The fourth-order valence-electron chi connectivity index (χ4n) is 2.09. The van der Waals surface area contributed by atoms with Crippen LogP contribution in [0.2, 0.25) is 0 Å².